The Bertz CT molecular complexity index is 609. The van der Waals surface area contributed by atoms with Gasteiger partial charge in [0.05, 0.1) is 13.7 Å². The van der Waals surface area contributed by atoms with E-state index in [0.29, 0.717) is 11.6 Å². The molecule has 0 spiro atoms. The Hall–Kier alpha value is -1.75. The molecule has 1 heterocycles. The van der Waals surface area contributed by atoms with E-state index >= 15 is 0 Å². The van der Waals surface area contributed by atoms with E-state index in [0.717, 1.165) is 30.2 Å². The van der Waals surface area contributed by atoms with Crippen molar-refractivity contribution in [2.45, 2.75) is 12.2 Å². The van der Waals surface area contributed by atoms with Gasteiger partial charge in [-0.15, -0.1) is 0 Å². The normalized spacial score (nSPS) is 19.1. The summed E-state index contributed by atoms with van der Waals surface area (Å²) in [5.41, 5.74) is 1.05. The summed E-state index contributed by atoms with van der Waals surface area (Å²) in [6.45, 7) is 2.30. The van der Waals surface area contributed by atoms with E-state index in [4.69, 9.17) is 25.8 Å². The molecule has 0 bridgehead atoms. The third-order valence-corrected chi connectivity index (χ3v) is 4.07. The maximum atomic E-state index is 6.20. The molecule has 4 nitrogen and oxygen atoms in total. The van der Waals surface area contributed by atoms with Gasteiger partial charge in [0.15, 0.2) is 6.10 Å². The summed E-state index contributed by atoms with van der Waals surface area (Å²) in [7, 11) is 1.66. The number of hydrogen-bond acceptors (Lipinski definition) is 4. The maximum absolute atomic E-state index is 6.20. The molecule has 0 aliphatic carbocycles. The van der Waals surface area contributed by atoms with Gasteiger partial charge < -0.3 is 19.5 Å². The molecule has 1 fully saturated rings. The predicted octanol–water partition coefficient (Wildman–Crippen LogP) is 3.46. The monoisotopic (exact) mass is 333 g/mol. The van der Waals surface area contributed by atoms with Gasteiger partial charge in [0.25, 0.3) is 0 Å². The molecule has 3 rings (SSSR count). The lowest BCUT2D eigenvalue weighted by Gasteiger charge is -2.31. The lowest BCUT2D eigenvalue weighted by molar-refractivity contribution is -0.0432. The number of morpholine rings is 1. The largest absolute Gasteiger partial charge is 0.497 e. The van der Waals surface area contributed by atoms with Crippen molar-refractivity contribution in [1.82, 2.24) is 5.32 Å². The Kier molecular flexibility index (Phi) is 5.39. The topological polar surface area (TPSA) is 39.7 Å². The van der Waals surface area contributed by atoms with Crippen molar-refractivity contribution >= 4 is 11.6 Å². The van der Waals surface area contributed by atoms with E-state index < -0.39 is 0 Å². The van der Waals surface area contributed by atoms with E-state index in [1.54, 1.807) is 7.11 Å². The van der Waals surface area contributed by atoms with E-state index in [2.05, 4.69) is 5.32 Å². The van der Waals surface area contributed by atoms with Crippen LogP contribution in [0.25, 0.3) is 0 Å². The van der Waals surface area contributed by atoms with Crippen LogP contribution in [0, 0.1) is 0 Å². The Morgan fingerprint density at radius 3 is 2.39 bits per heavy atom. The fraction of sp³-hybridized carbons (Fsp3) is 0.333. The summed E-state index contributed by atoms with van der Waals surface area (Å²) in [5.74, 6) is 1.59. The van der Waals surface area contributed by atoms with Crippen molar-refractivity contribution < 1.29 is 14.2 Å². The summed E-state index contributed by atoms with van der Waals surface area (Å²) in [4.78, 5) is 0. The molecule has 2 aromatic carbocycles. The Labute approximate surface area is 141 Å². The molecule has 0 radical (unpaired) electrons. The maximum Gasteiger partial charge on any atom is 0.151 e. The van der Waals surface area contributed by atoms with E-state index in [-0.39, 0.29) is 12.2 Å². The van der Waals surface area contributed by atoms with Crippen LogP contribution in [-0.2, 0) is 4.74 Å². The van der Waals surface area contributed by atoms with Crippen molar-refractivity contribution in [1.29, 1.82) is 0 Å². The molecule has 2 atom stereocenters. The van der Waals surface area contributed by atoms with Gasteiger partial charge in [0, 0.05) is 18.1 Å². The minimum atomic E-state index is -0.199. The Morgan fingerprint density at radius 2 is 1.78 bits per heavy atom. The number of halogens is 1. The quantitative estimate of drug-likeness (QED) is 0.909. The first-order chi connectivity index (χ1) is 11.3. The third kappa shape index (κ3) is 4.16. The van der Waals surface area contributed by atoms with Crippen LogP contribution < -0.4 is 14.8 Å². The van der Waals surface area contributed by atoms with Crippen LogP contribution in [0.5, 0.6) is 11.5 Å². The van der Waals surface area contributed by atoms with Gasteiger partial charge in [-0.05, 0) is 42.0 Å². The second kappa shape index (κ2) is 7.68. The molecule has 0 amide bonds. The lowest BCUT2D eigenvalue weighted by atomic mass is 10.0. The molecule has 122 valence electrons. The Balaban J connectivity index is 1.83. The highest BCUT2D eigenvalue weighted by atomic mass is 35.5. The van der Waals surface area contributed by atoms with Gasteiger partial charge >= 0.3 is 0 Å². The fourth-order valence-corrected chi connectivity index (χ4v) is 2.72. The highest BCUT2D eigenvalue weighted by Crippen LogP contribution is 2.29. The Morgan fingerprint density at radius 1 is 1.09 bits per heavy atom. The van der Waals surface area contributed by atoms with Crippen LogP contribution in [0.15, 0.2) is 48.5 Å². The SMILES string of the molecule is COc1ccc(C(Oc2ccc(Cl)cc2)C2CNCCO2)cc1. The van der Waals surface area contributed by atoms with Gasteiger partial charge in [-0.25, -0.2) is 0 Å². The first-order valence-corrected chi connectivity index (χ1v) is 8.02. The van der Waals surface area contributed by atoms with Crippen LogP contribution >= 0.6 is 11.6 Å². The highest BCUT2D eigenvalue weighted by molar-refractivity contribution is 6.30. The number of rotatable bonds is 5. The molecule has 2 aromatic rings. The summed E-state index contributed by atoms with van der Waals surface area (Å²) in [6.07, 6.45) is -0.247. The highest BCUT2D eigenvalue weighted by Gasteiger charge is 2.28. The summed E-state index contributed by atoms with van der Waals surface area (Å²) in [5, 5.41) is 4.04. The number of methoxy groups -OCH3 is 1. The van der Waals surface area contributed by atoms with Crippen LogP contribution in [0.1, 0.15) is 11.7 Å². The summed E-state index contributed by atoms with van der Waals surface area (Å²) in [6, 6.07) is 15.3. The zero-order valence-electron chi connectivity index (χ0n) is 13.0. The summed E-state index contributed by atoms with van der Waals surface area (Å²) < 4.78 is 17.3. The number of hydrogen-bond donors (Lipinski definition) is 1. The van der Waals surface area contributed by atoms with Crippen LogP contribution in [-0.4, -0.2) is 32.9 Å². The average Bonchev–Trinajstić information content (AvgIpc) is 2.62. The van der Waals surface area contributed by atoms with Crippen molar-refractivity contribution in [2.24, 2.45) is 0 Å². The fourth-order valence-electron chi connectivity index (χ4n) is 2.59. The van der Waals surface area contributed by atoms with Crippen molar-refractivity contribution in [2.75, 3.05) is 26.8 Å². The zero-order chi connectivity index (χ0) is 16.1. The number of ether oxygens (including phenoxy) is 3. The van der Waals surface area contributed by atoms with Gasteiger partial charge in [-0.1, -0.05) is 23.7 Å². The van der Waals surface area contributed by atoms with Crippen molar-refractivity contribution in [3.8, 4) is 11.5 Å². The molecular formula is C18H20ClNO3. The lowest BCUT2D eigenvalue weighted by Crippen LogP contribution is -2.43. The number of benzene rings is 2. The predicted molar refractivity (Wildman–Crippen MR) is 90.4 cm³/mol. The van der Waals surface area contributed by atoms with Gasteiger partial charge in [0.2, 0.25) is 0 Å². The first kappa shape index (κ1) is 16.1. The van der Waals surface area contributed by atoms with Crippen LogP contribution in [0.2, 0.25) is 5.02 Å². The number of nitrogens with one attached hydrogen (secondary N) is 1. The van der Waals surface area contributed by atoms with E-state index in [9.17, 15) is 0 Å². The molecule has 1 N–H and O–H groups in total. The molecule has 0 saturated carbocycles. The van der Waals surface area contributed by atoms with Gasteiger partial charge in [-0.3, -0.25) is 0 Å². The van der Waals surface area contributed by atoms with Crippen molar-refractivity contribution in [3.63, 3.8) is 0 Å². The molecule has 1 aliphatic rings. The molecule has 0 aromatic heterocycles. The minimum absolute atomic E-state index is 0.0483. The average molecular weight is 334 g/mol. The molecule has 1 aliphatic heterocycles. The van der Waals surface area contributed by atoms with Gasteiger partial charge in [-0.2, -0.15) is 0 Å². The molecule has 5 heteroatoms. The molecule has 2 unspecified atom stereocenters. The third-order valence-electron chi connectivity index (χ3n) is 3.81. The molecular weight excluding hydrogens is 314 g/mol. The zero-order valence-corrected chi connectivity index (χ0v) is 13.8. The summed E-state index contributed by atoms with van der Waals surface area (Å²) >= 11 is 5.94. The van der Waals surface area contributed by atoms with E-state index in [1.807, 2.05) is 48.5 Å². The molecule has 1 saturated heterocycles. The second-order valence-corrected chi connectivity index (χ2v) is 5.82. The molecule has 23 heavy (non-hydrogen) atoms. The van der Waals surface area contributed by atoms with Crippen LogP contribution in [0.4, 0.5) is 0 Å². The van der Waals surface area contributed by atoms with E-state index in [1.165, 1.54) is 0 Å². The standard InChI is InChI=1S/C18H20ClNO3/c1-21-15-6-2-13(3-7-15)18(17-12-20-10-11-22-17)23-16-8-4-14(19)5-9-16/h2-9,17-18,20H,10-12H2,1H3. The minimum Gasteiger partial charge on any atom is -0.497 e. The van der Waals surface area contributed by atoms with Gasteiger partial charge in [0.1, 0.15) is 17.6 Å². The second-order valence-electron chi connectivity index (χ2n) is 5.38. The smallest absolute Gasteiger partial charge is 0.151 e. The van der Waals surface area contributed by atoms with Crippen molar-refractivity contribution in [3.05, 3.63) is 59.1 Å². The van der Waals surface area contributed by atoms with Crippen LogP contribution in [0.3, 0.4) is 0 Å². The first-order valence-electron chi connectivity index (χ1n) is 7.65.